The van der Waals surface area contributed by atoms with Crippen molar-refractivity contribution in [1.82, 2.24) is 5.32 Å². The number of carbonyl (C=O) groups is 2. The van der Waals surface area contributed by atoms with Crippen LogP contribution in [-0.4, -0.2) is 50.0 Å². The topological polar surface area (TPSA) is 84.9 Å². The van der Waals surface area contributed by atoms with Crippen LogP contribution in [-0.2, 0) is 19.1 Å². The summed E-state index contributed by atoms with van der Waals surface area (Å²) in [6.07, 6.45) is 2.71. The second-order valence-corrected chi connectivity index (χ2v) is 4.59. The Balaban J connectivity index is 2.60. The first-order valence-corrected chi connectivity index (χ1v) is 6.14. The molecule has 1 aliphatic rings. The largest absolute Gasteiger partial charge is 0.466 e. The Morgan fingerprint density at radius 3 is 2.39 bits per heavy atom. The van der Waals surface area contributed by atoms with E-state index in [0.717, 1.165) is 40.2 Å². The van der Waals surface area contributed by atoms with Crippen LogP contribution in [0.5, 0.6) is 0 Å². The van der Waals surface area contributed by atoms with Gasteiger partial charge in [0.2, 0.25) is 0 Å². The van der Waals surface area contributed by atoms with Crippen LogP contribution in [0.1, 0.15) is 25.7 Å². The molecule has 1 fully saturated rings. The second kappa shape index (κ2) is 6.70. The van der Waals surface area contributed by atoms with Crippen molar-refractivity contribution >= 4 is 11.9 Å². The molecule has 0 bridgehead atoms. The molecule has 1 aliphatic heterocycles. The summed E-state index contributed by atoms with van der Waals surface area (Å²) in [6, 6.07) is 0. The molecule has 6 heteroatoms. The average Bonchev–Trinajstić information content (AvgIpc) is 2.43. The molecule has 2 N–H and O–H groups in total. The van der Waals surface area contributed by atoms with E-state index in [4.69, 9.17) is 0 Å². The molecule has 0 aromatic rings. The Morgan fingerprint density at radius 2 is 1.94 bits per heavy atom. The zero-order chi connectivity index (χ0) is 13.6. The summed E-state index contributed by atoms with van der Waals surface area (Å²) in [5, 5.41) is 13.4. The summed E-state index contributed by atoms with van der Waals surface area (Å²) in [5.41, 5.74) is -2.18. The van der Waals surface area contributed by atoms with Crippen molar-refractivity contribution in [3.8, 4) is 0 Å². The van der Waals surface area contributed by atoms with E-state index in [-0.39, 0.29) is 6.42 Å². The fraction of sp³-hybridized carbons (Fsp3) is 0.833. The first-order valence-electron chi connectivity index (χ1n) is 6.14. The highest BCUT2D eigenvalue weighted by Crippen LogP contribution is 2.23. The van der Waals surface area contributed by atoms with Gasteiger partial charge in [0.15, 0.2) is 0 Å². The molecular formula is C12H21NO5. The number of hydrogen-bond acceptors (Lipinski definition) is 6. The highest BCUT2D eigenvalue weighted by Gasteiger charge is 2.46. The van der Waals surface area contributed by atoms with Crippen LogP contribution < -0.4 is 5.32 Å². The summed E-state index contributed by atoms with van der Waals surface area (Å²) < 4.78 is 8.95. The van der Waals surface area contributed by atoms with Gasteiger partial charge in [-0.25, -0.2) is 9.59 Å². The van der Waals surface area contributed by atoms with E-state index in [1.54, 1.807) is 0 Å². The van der Waals surface area contributed by atoms with Crippen LogP contribution >= 0.6 is 0 Å². The number of hydrogen-bond donors (Lipinski definition) is 2. The van der Waals surface area contributed by atoms with Crippen molar-refractivity contribution in [2.45, 2.75) is 31.3 Å². The molecule has 0 aliphatic carbocycles. The van der Waals surface area contributed by atoms with Crippen LogP contribution in [0.4, 0.5) is 0 Å². The predicted molar refractivity (Wildman–Crippen MR) is 63.8 cm³/mol. The molecule has 104 valence electrons. The zero-order valence-electron chi connectivity index (χ0n) is 10.9. The van der Waals surface area contributed by atoms with Crippen molar-refractivity contribution in [2.24, 2.45) is 5.92 Å². The number of methoxy groups -OCH3 is 2. The first-order chi connectivity index (χ1) is 8.54. The summed E-state index contributed by atoms with van der Waals surface area (Å²) in [5.74, 6) is -1.56. The molecular weight excluding hydrogens is 238 g/mol. The van der Waals surface area contributed by atoms with Crippen molar-refractivity contribution in [2.75, 3.05) is 27.3 Å². The maximum atomic E-state index is 11.5. The van der Waals surface area contributed by atoms with Crippen molar-refractivity contribution in [3.05, 3.63) is 0 Å². The Bertz CT molecular complexity index is 283. The van der Waals surface area contributed by atoms with Crippen molar-refractivity contribution in [3.63, 3.8) is 0 Å². The van der Waals surface area contributed by atoms with Gasteiger partial charge >= 0.3 is 11.9 Å². The van der Waals surface area contributed by atoms with E-state index in [0.29, 0.717) is 12.3 Å². The van der Waals surface area contributed by atoms with Gasteiger partial charge in [0, 0.05) is 0 Å². The molecule has 6 nitrogen and oxygen atoms in total. The fourth-order valence-corrected chi connectivity index (χ4v) is 2.21. The second-order valence-electron chi connectivity index (χ2n) is 4.59. The van der Waals surface area contributed by atoms with Gasteiger partial charge in [-0.2, -0.15) is 0 Å². The van der Waals surface area contributed by atoms with E-state index in [9.17, 15) is 14.7 Å². The normalized spacial score (nSPS) is 20.3. The number of aliphatic hydroxyl groups is 1. The Kier molecular flexibility index (Phi) is 5.55. The highest BCUT2D eigenvalue weighted by molar-refractivity contribution is 6.03. The minimum absolute atomic E-state index is 0.0265. The Morgan fingerprint density at radius 1 is 1.33 bits per heavy atom. The molecule has 1 atom stereocenters. The monoisotopic (exact) mass is 259 g/mol. The van der Waals surface area contributed by atoms with Crippen molar-refractivity contribution < 1.29 is 24.2 Å². The molecule has 0 unspecified atom stereocenters. The third-order valence-electron chi connectivity index (χ3n) is 3.36. The Labute approximate surface area is 107 Å². The average molecular weight is 259 g/mol. The van der Waals surface area contributed by atoms with Crippen LogP contribution in [0.25, 0.3) is 0 Å². The van der Waals surface area contributed by atoms with E-state index in [1.807, 2.05) is 0 Å². The smallest absolute Gasteiger partial charge is 0.349 e. The third-order valence-corrected chi connectivity index (χ3v) is 3.36. The van der Waals surface area contributed by atoms with Crippen LogP contribution in [0.2, 0.25) is 0 Å². The molecule has 18 heavy (non-hydrogen) atoms. The highest BCUT2D eigenvalue weighted by atomic mass is 16.6. The fourth-order valence-electron chi connectivity index (χ4n) is 2.21. The van der Waals surface area contributed by atoms with Crippen LogP contribution in [0.3, 0.4) is 0 Å². The summed E-state index contributed by atoms with van der Waals surface area (Å²) >= 11 is 0. The van der Waals surface area contributed by atoms with Crippen molar-refractivity contribution in [1.29, 1.82) is 0 Å². The number of piperidine rings is 1. The lowest BCUT2D eigenvalue weighted by atomic mass is 9.88. The summed E-state index contributed by atoms with van der Waals surface area (Å²) in [7, 11) is 2.27. The third kappa shape index (κ3) is 3.43. The molecule has 0 aromatic heterocycles. The lowest BCUT2D eigenvalue weighted by Gasteiger charge is -2.27. The van der Waals surface area contributed by atoms with Gasteiger partial charge < -0.3 is 19.9 Å². The van der Waals surface area contributed by atoms with Gasteiger partial charge in [-0.1, -0.05) is 0 Å². The molecule has 1 rings (SSSR count). The molecule has 0 amide bonds. The molecule has 0 spiro atoms. The lowest BCUT2D eigenvalue weighted by Crippen LogP contribution is -2.48. The van der Waals surface area contributed by atoms with Crippen LogP contribution in [0.15, 0.2) is 0 Å². The predicted octanol–water partition coefficient (Wildman–Crippen LogP) is -0.157. The van der Waals surface area contributed by atoms with Gasteiger partial charge in [0.25, 0.3) is 5.60 Å². The number of carbonyl (C=O) groups excluding carboxylic acids is 2. The van der Waals surface area contributed by atoms with E-state index < -0.39 is 17.5 Å². The lowest BCUT2D eigenvalue weighted by molar-refractivity contribution is -0.181. The standard InChI is InChI=1S/C12H21NO5/c1-17-10(14)12(16,11(15)18-2)6-5-9-4-3-7-13-8-9/h9,13,16H,3-8H2,1-2H3/t9-/m0/s1. The van der Waals surface area contributed by atoms with E-state index >= 15 is 0 Å². The van der Waals surface area contributed by atoms with E-state index in [1.165, 1.54) is 0 Å². The zero-order valence-corrected chi connectivity index (χ0v) is 10.9. The van der Waals surface area contributed by atoms with Gasteiger partial charge in [-0.05, 0) is 44.7 Å². The molecule has 0 radical (unpaired) electrons. The SMILES string of the molecule is COC(=O)C(O)(CC[C@@H]1CCCNC1)C(=O)OC. The summed E-state index contributed by atoms with van der Waals surface area (Å²) in [6.45, 7) is 1.84. The van der Waals surface area contributed by atoms with Gasteiger partial charge in [0.1, 0.15) is 0 Å². The number of rotatable bonds is 5. The molecule has 0 aromatic carbocycles. The van der Waals surface area contributed by atoms with Gasteiger partial charge in [-0.15, -0.1) is 0 Å². The quantitative estimate of drug-likeness (QED) is 0.527. The maximum Gasteiger partial charge on any atom is 0.349 e. The summed E-state index contributed by atoms with van der Waals surface area (Å²) in [4.78, 5) is 23.0. The van der Waals surface area contributed by atoms with Gasteiger partial charge in [0.05, 0.1) is 14.2 Å². The minimum atomic E-state index is -2.18. The Hall–Kier alpha value is -1.14. The number of nitrogens with one attached hydrogen (secondary N) is 1. The minimum Gasteiger partial charge on any atom is -0.466 e. The van der Waals surface area contributed by atoms with Crippen LogP contribution in [0, 0.1) is 5.92 Å². The van der Waals surface area contributed by atoms with Gasteiger partial charge in [-0.3, -0.25) is 0 Å². The number of ether oxygens (including phenoxy) is 2. The molecule has 0 saturated carbocycles. The maximum absolute atomic E-state index is 11.5. The van der Waals surface area contributed by atoms with E-state index in [2.05, 4.69) is 14.8 Å². The number of esters is 2. The molecule has 1 heterocycles. The molecule has 1 saturated heterocycles. The first kappa shape index (κ1) is 14.9.